The van der Waals surface area contributed by atoms with Crippen LogP contribution in [0.5, 0.6) is 5.75 Å². The Morgan fingerprint density at radius 1 is 1.56 bits per heavy atom. The van der Waals surface area contributed by atoms with Crippen molar-refractivity contribution in [2.75, 3.05) is 7.11 Å². The summed E-state index contributed by atoms with van der Waals surface area (Å²) in [5.74, 6) is 0.608. The van der Waals surface area contributed by atoms with E-state index in [9.17, 15) is 4.79 Å². The molecule has 16 heavy (non-hydrogen) atoms. The molecule has 1 aliphatic rings. The van der Waals surface area contributed by atoms with E-state index in [0.717, 1.165) is 22.9 Å². The summed E-state index contributed by atoms with van der Waals surface area (Å²) in [6.45, 7) is 2.07. The number of ether oxygens (including phenoxy) is 1. The molecule has 1 aromatic rings. The largest absolute Gasteiger partial charge is 0.496 e. The van der Waals surface area contributed by atoms with Crippen LogP contribution in [0.3, 0.4) is 0 Å². The first-order valence-corrected chi connectivity index (χ1v) is 6.12. The number of hydrogen-bond acceptors (Lipinski definition) is 2. The Balaban J connectivity index is 2.53. The van der Waals surface area contributed by atoms with Gasteiger partial charge in [-0.3, -0.25) is 4.79 Å². The van der Waals surface area contributed by atoms with Gasteiger partial charge >= 0.3 is 0 Å². The molecule has 0 radical (unpaired) electrons. The standard InChI is InChI=1S/C12H14BrNO2/c1-3-7-6-8-9(13)4-5-10(16-2)11(8)12(15)14-7/h4-5,7H,3,6H2,1-2H3,(H,14,15). The molecule has 1 aliphatic heterocycles. The molecule has 0 spiro atoms. The zero-order chi connectivity index (χ0) is 11.7. The zero-order valence-electron chi connectivity index (χ0n) is 9.34. The Labute approximate surface area is 103 Å². The van der Waals surface area contributed by atoms with Gasteiger partial charge in [-0.2, -0.15) is 0 Å². The van der Waals surface area contributed by atoms with Crippen LogP contribution in [-0.2, 0) is 6.42 Å². The monoisotopic (exact) mass is 283 g/mol. The van der Waals surface area contributed by atoms with Crippen LogP contribution in [0.4, 0.5) is 0 Å². The topological polar surface area (TPSA) is 38.3 Å². The quantitative estimate of drug-likeness (QED) is 0.906. The van der Waals surface area contributed by atoms with E-state index in [1.54, 1.807) is 7.11 Å². The summed E-state index contributed by atoms with van der Waals surface area (Å²) in [7, 11) is 1.59. The lowest BCUT2D eigenvalue weighted by atomic mass is 9.93. The van der Waals surface area contributed by atoms with Gasteiger partial charge in [0.1, 0.15) is 5.75 Å². The Hall–Kier alpha value is -1.03. The fourth-order valence-corrected chi connectivity index (χ4v) is 2.51. The SMILES string of the molecule is CCC1Cc2c(Br)ccc(OC)c2C(=O)N1. The predicted octanol–water partition coefficient (Wildman–Crippen LogP) is 2.52. The number of fused-ring (bicyclic) bond motifs is 1. The average molecular weight is 284 g/mol. The molecule has 1 aromatic carbocycles. The van der Waals surface area contributed by atoms with Crippen LogP contribution in [0.25, 0.3) is 0 Å². The molecule has 1 unspecified atom stereocenters. The second-order valence-corrected chi connectivity index (χ2v) is 4.74. The van der Waals surface area contributed by atoms with Gasteiger partial charge in [-0.15, -0.1) is 0 Å². The second-order valence-electron chi connectivity index (χ2n) is 3.89. The maximum atomic E-state index is 12.0. The number of amides is 1. The lowest BCUT2D eigenvalue weighted by Crippen LogP contribution is -2.41. The number of hydrogen-bond donors (Lipinski definition) is 1. The summed E-state index contributed by atoms with van der Waals surface area (Å²) in [5.41, 5.74) is 1.72. The van der Waals surface area contributed by atoms with Crippen LogP contribution in [0, 0.1) is 0 Å². The molecule has 0 fully saturated rings. The molecule has 86 valence electrons. The van der Waals surface area contributed by atoms with Crippen LogP contribution in [-0.4, -0.2) is 19.1 Å². The van der Waals surface area contributed by atoms with E-state index in [1.165, 1.54) is 0 Å². The highest BCUT2D eigenvalue weighted by Crippen LogP contribution is 2.32. The van der Waals surface area contributed by atoms with Gasteiger partial charge in [0.05, 0.1) is 12.7 Å². The van der Waals surface area contributed by atoms with E-state index in [1.807, 2.05) is 12.1 Å². The number of methoxy groups -OCH3 is 1. The van der Waals surface area contributed by atoms with Gasteiger partial charge in [-0.25, -0.2) is 0 Å². The van der Waals surface area contributed by atoms with Crippen molar-refractivity contribution < 1.29 is 9.53 Å². The third kappa shape index (κ3) is 1.82. The lowest BCUT2D eigenvalue weighted by Gasteiger charge is -2.26. The molecule has 0 bridgehead atoms. The van der Waals surface area contributed by atoms with Crippen molar-refractivity contribution in [3.05, 3.63) is 27.7 Å². The fraction of sp³-hybridized carbons (Fsp3) is 0.417. The number of halogens is 1. The van der Waals surface area contributed by atoms with E-state index in [-0.39, 0.29) is 11.9 Å². The van der Waals surface area contributed by atoms with Crippen LogP contribution in [0.15, 0.2) is 16.6 Å². The van der Waals surface area contributed by atoms with Crippen molar-refractivity contribution in [3.63, 3.8) is 0 Å². The molecule has 3 nitrogen and oxygen atoms in total. The van der Waals surface area contributed by atoms with Gasteiger partial charge in [0.25, 0.3) is 5.91 Å². The first-order chi connectivity index (χ1) is 7.67. The van der Waals surface area contributed by atoms with Crippen LogP contribution in [0.1, 0.15) is 29.3 Å². The van der Waals surface area contributed by atoms with E-state index in [4.69, 9.17) is 4.74 Å². The second kappa shape index (κ2) is 4.45. The summed E-state index contributed by atoms with van der Waals surface area (Å²) in [6, 6.07) is 3.97. The van der Waals surface area contributed by atoms with Gasteiger partial charge in [-0.05, 0) is 30.5 Å². The minimum absolute atomic E-state index is 0.0359. The van der Waals surface area contributed by atoms with E-state index in [2.05, 4.69) is 28.2 Å². The smallest absolute Gasteiger partial charge is 0.255 e. The van der Waals surface area contributed by atoms with Crippen LogP contribution < -0.4 is 10.1 Å². The summed E-state index contributed by atoms with van der Waals surface area (Å²) in [6.07, 6.45) is 1.80. The Morgan fingerprint density at radius 2 is 2.31 bits per heavy atom. The number of nitrogens with one attached hydrogen (secondary N) is 1. The van der Waals surface area contributed by atoms with E-state index < -0.39 is 0 Å². The normalized spacial score (nSPS) is 18.9. The third-order valence-corrected chi connectivity index (χ3v) is 3.69. The summed E-state index contributed by atoms with van der Waals surface area (Å²) in [5, 5.41) is 2.98. The maximum Gasteiger partial charge on any atom is 0.255 e. The van der Waals surface area contributed by atoms with Gasteiger partial charge < -0.3 is 10.1 Å². The van der Waals surface area contributed by atoms with Crippen molar-refractivity contribution >= 4 is 21.8 Å². The van der Waals surface area contributed by atoms with Crippen molar-refractivity contribution in [1.29, 1.82) is 0 Å². The Kier molecular flexibility index (Phi) is 3.19. The molecule has 2 rings (SSSR count). The Morgan fingerprint density at radius 3 is 2.94 bits per heavy atom. The molecule has 0 aromatic heterocycles. The minimum Gasteiger partial charge on any atom is -0.496 e. The van der Waals surface area contributed by atoms with Crippen LogP contribution in [0.2, 0.25) is 0 Å². The molecule has 1 N–H and O–H groups in total. The number of benzene rings is 1. The van der Waals surface area contributed by atoms with Gasteiger partial charge in [0, 0.05) is 10.5 Å². The first kappa shape index (κ1) is 11.5. The molecule has 1 atom stereocenters. The first-order valence-electron chi connectivity index (χ1n) is 5.33. The molecule has 0 saturated carbocycles. The molecule has 0 aliphatic carbocycles. The fourth-order valence-electron chi connectivity index (χ4n) is 2.02. The van der Waals surface area contributed by atoms with Crippen molar-refractivity contribution in [2.45, 2.75) is 25.8 Å². The van der Waals surface area contributed by atoms with Crippen LogP contribution >= 0.6 is 15.9 Å². The highest BCUT2D eigenvalue weighted by molar-refractivity contribution is 9.10. The highest BCUT2D eigenvalue weighted by atomic mass is 79.9. The average Bonchev–Trinajstić information content (AvgIpc) is 2.30. The third-order valence-electron chi connectivity index (χ3n) is 2.94. The summed E-state index contributed by atoms with van der Waals surface area (Å²) in [4.78, 5) is 12.0. The lowest BCUT2D eigenvalue weighted by molar-refractivity contribution is 0.0920. The van der Waals surface area contributed by atoms with E-state index in [0.29, 0.717) is 11.3 Å². The number of rotatable bonds is 2. The van der Waals surface area contributed by atoms with Crippen molar-refractivity contribution in [2.24, 2.45) is 0 Å². The number of carbonyl (C=O) groups is 1. The Bertz CT molecular complexity index is 431. The summed E-state index contributed by atoms with van der Waals surface area (Å²) >= 11 is 3.49. The zero-order valence-corrected chi connectivity index (χ0v) is 10.9. The molecular formula is C12H14BrNO2. The van der Waals surface area contributed by atoms with Crippen molar-refractivity contribution in [1.82, 2.24) is 5.32 Å². The summed E-state index contributed by atoms with van der Waals surface area (Å²) < 4.78 is 6.21. The van der Waals surface area contributed by atoms with E-state index >= 15 is 0 Å². The highest BCUT2D eigenvalue weighted by Gasteiger charge is 2.27. The molecule has 1 heterocycles. The number of carbonyl (C=O) groups excluding carboxylic acids is 1. The van der Waals surface area contributed by atoms with Crippen molar-refractivity contribution in [3.8, 4) is 5.75 Å². The minimum atomic E-state index is -0.0359. The van der Waals surface area contributed by atoms with Gasteiger partial charge in [0.2, 0.25) is 0 Å². The molecule has 4 heteroatoms. The molecule has 0 saturated heterocycles. The predicted molar refractivity (Wildman–Crippen MR) is 65.9 cm³/mol. The maximum absolute atomic E-state index is 12.0. The molecule has 1 amide bonds. The van der Waals surface area contributed by atoms with Gasteiger partial charge in [0.15, 0.2) is 0 Å². The molecular weight excluding hydrogens is 270 g/mol. The van der Waals surface area contributed by atoms with Gasteiger partial charge in [-0.1, -0.05) is 22.9 Å².